The van der Waals surface area contributed by atoms with Crippen LogP contribution in [0.25, 0.3) is 0 Å². The maximum atomic E-state index is 12.5. The lowest BCUT2D eigenvalue weighted by molar-refractivity contribution is -0.115. The summed E-state index contributed by atoms with van der Waals surface area (Å²) in [5.41, 5.74) is 2.90. The summed E-state index contributed by atoms with van der Waals surface area (Å²) in [5.74, 6) is -0.577. The number of hydrogen-bond donors (Lipinski definition) is 1. The van der Waals surface area contributed by atoms with Gasteiger partial charge < -0.3 is 5.32 Å². The summed E-state index contributed by atoms with van der Waals surface area (Å²) in [7, 11) is -3.40. The van der Waals surface area contributed by atoms with E-state index in [0.717, 1.165) is 5.70 Å². The molecule has 0 radical (unpaired) electrons. The first-order valence-electron chi connectivity index (χ1n) is 7.36. The second-order valence-corrected chi connectivity index (χ2v) is 7.95. The summed E-state index contributed by atoms with van der Waals surface area (Å²) in [6.45, 7) is 0. The number of rotatable bonds is 1. The number of hydrogen-bond acceptors (Lipinski definition) is 6. The van der Waals surface area contributed by atoms with Crippen molar-refractivity contribution in [3.63, 3.8) is 0 Å². The molecule has 3 heterocycles. The van der Waals surface area contributed by atoms with Crippen LogP contribution in [0.4, 0.5) is 0 Å². The lowest BCUT2D eigenvalue weighted by Crippen LogP contribution is -2.26. The van der Waals surface area contributed by atoms with Gasteiger partial charge in [0, 0.05) is 36.0 Å². The molecule has 0 bridgehead atoms. The second-order valence-electron chi connectivity index (χ2n) is 5.87. The van der Waals surface area contributed by atoms with Crippen molar-refractivity contribution in [3.05, 3.63) is 51.5 Å². The zero-order chi connectivity index (χ0) is 16.2. The molecule has 1 aromatic heterocycles. The van der Waals surface area contributed by atoms with Crippen LogP contribution in [-0.2, 0) is 14.6 Å². The quantitative estimate of drug-likeness (QED) is 0.834. The molecule has 1 aromatic rings. The zero-order valence-electron chi connectivity index (χ0n) is 12.2. The Morgan fingerprint density at radius 1 is 1.26 bits per heavy atom. The topological polar surface area (TPSA) is 99.9 Å². The Labute approximate surface area is 133 Å². The molecule has 3 aliphatic rings. The highest BCUT2D eigenvalue weighted by molar-refractivity contribution is 7.95. The molecule has 2 aliphatic heterocycles. The molecule has 0 fully saturated rings. The molecule has 0 unspecified atom stereocenters. The fourth-order valence-electron chi connectivity index (χ4n) is 3.60. The van der Waals surface area contributed by atoms with Gasteiger partial charge in [-0.05, 0) is 24.1 Å². The summed E-state index contributed by atoms with van der Waals surface area (Å²) in [5, 5.41) is 12.2. The van der Waals surface area contributed by atoms with E-state index in [-0.39, 0.29) is 17.2 Å². The van der Waals surface area contributed by atoms with Crippen molar-refractivity contribution in [1.82, 2.24) is 10.3 Å². The molecule has 7 heteroatoms. The van der Waals surface area contributed by atoms with Gasteiger partial charge in [0.2, 0.25) is 0 Å². The van der Waals surface area contributed by atoms with Crippen molar-refractivity contribution in [1.29, 1.82) is 5.26 Å². The van der Waals surface area contributed by atoms with Crippen LogP contribution in [0.15, 0.2) is 40.2 Å². The minimum absolute atomic E-state index is 0.0264. The largest absolute Gasteiger partial charge is 0.361 e. The van der Waals surface area contributed by atoms with E-state index in [0.29, 0.717) is 41.0 Å². The third-order valence-corrected chi connectivity index (χ3v) is 6.46. The number of dihydropyridines is 1. The van der Waals surface area contributed by atoms with Gasteiger partial charge in [0.25, 0.3) is 0 Å². The van der Waals surface area contributed by atoms with Gasteiger partial charge in [-0.25, -0.2) is 13.4 Å². The summed E-state index contributed by atoms with van der Waals surface area (Å²) in [6, 6.07) is 5.22. The van der Waals surface area contributed by atoms with Gasteiger partial charge in [-0.1, -0.05) is 0 Å². The van der Waals surface area contributed by atoms with Gasteiger partial charge >= 0.3 is 0 Å². The second kappa shape index (κ2) is 4.77. The number of aromatic nitrogens is 1. The molecule has 4 rings (SSSR count). The number of carbonyl (C=O) groups excluding carboxylic acids is 1. The van der Waals surface area contributed by atoms with Crippen molar-refractivity contribution in [2.75, 3.05) is 5.75 Å². The van der Waals surface area contributed by atoms with E-state index in [4.69, 9.17) is 5.26 Å². The maximum absolute atomic E-state index is 12.5. The van der Waals surface area contributed by atoms with Crippen LogP contribution >= 0.6 is 0 Å². The molecule has 6 nitrogen and oxygen atoms in total. The molecule has 1 atom stereocenters. The number of allylic oxidation sites excluding steroid dienone is 4. The van der Waals surface area contributed by atoms with Gasteiger partial charge in [-0.15, -0.1) is 0 Å². The first-order valence-corrected chi connectivity index (χ1v) is 9.01. The minimum atomic E-state index is -3.40. The van der Waals surface area contributed by atoms with Crippen molar-refractivity contribution in [3.8, 4) is 6.07 Å². The van der Waals surface area contributed by atoms with Crippen molar-refractivity contribution >= 4 is 15.6 Å². The zero-order valence-corrected chi connectivity index (χ0v) is 13.0. The van der Waals surface area contributed by atoms with Crippen LogP contribution < -0.4 is 5.32 Å². The highest BCUT2D eigenvalue weighted by Gasteiger charge is 2.45. The number of ketones is 1. The summed E-state index contributed by atoms with van der Waals surface area (Å²) in [4.78, 5) is 16.6. The number of nitriles is 1. The van der Waals surface area contributed by atoms with Crippen molar-refractivity contribution in [2.45, 2.75) is 25.2 Å². The first kappa shape index (κ1) is 14.2. The number of pyridine rings is 1. The van der Waals surface area contributed by atoms with Gasteiger partial charge in [-0.2, -0.15) is 5.26 Å². The smallest absolute Gasteiger partial charge is 0.177 e. The molecule has 0 spiro atoms. The molecule has 23 heavy (non-hydrogen) atoms. The van der Waals surface area contributed by atoms with E-state index in [1.165, 1.54) is 6.20 Å². The number of Topliss-reactive ketones (excluding diaryl/α,β-unsaturated/α-hetero) is 1. The molecule has 0 saturated carbocycles. The van der Waals surface area contributed by atoms with Gasteiger partial charge in [0.1, 0.15) is 11.8 Å². The number of nitrogens with zero attached hydrogens (tertiary/aromatic N) is 2. The van der Waals surface area contributed by atoms with E-state index in [2.05, 4.69) is 10.3 Å². The van der Waals surface area contributed by atoms with Gasteiger partial charge in [-0.3, -0.25) is 4.79 Å². The van der Waals surface area contributed by atoms with Crippen molar-refractivity contribution in [2.24, 2.45) is 0 Å². The van der Waals surface area contributed by atoms with Crippen molar-refractivity contribution < 1.29 is 13.2 Å². The Hall–Kier alpha value is -2.46. The molecule has 116 valence electrons. The van der Waals surface area contributed by atoms with E-state index in [1.807, 2.05) is 6.07 Å². The average Bonchev–Trinajstić information content (AvgIpc) is 3.06. The van der Waals surface area contributed by atoms with E-state index >= 15 is 0 Å². The van der Waals surface area contributed by atoms with E-state index in [9.17, 15) is 13.2 Å². The molecule has 1 N–H and O–H groups in total. The summed E-state index contributed by atoms with van der Waals surface area (Å²) >= 11 is 0. The van der Waals surface area contributed by atoms with Gasteiger partial charge in [0.15, 0.2) is 15.6 Å². The predicted molar refractivity (Wildman–Crippen MR) is 81.5 cm³/mol. The fraction of sp³-hybridized carbons (Fsp3) is 0.312. The Morgan fingerprint density at radius 2 is 2.09 bits per heavy atom. The molecule has 1 aliphatic carbocycles. The van der Waals surface area contributed by atoms with Crippen LogP contribution in [0.2, 0.25) is 0 Å². The molecule has 0 aromatic carbocycles. The lowest BCUT2D eigenvalue weighted by Gasteiger charge is -2.27. The minimum Gasteiger partial charge on any atom is -0.361 e. The number of sulfone groups is 1. The Bertz CT molecular complexity index is 951. The normalized spacial score (nSPS) is 25.0. The van der Waals surface area contributed by atoms with Crippen LogP contribution in [0.3, 0.4) is 0 Å². The third-order valence-electron chi connectivity index (χ3n) is 4.57. The van der Waals surface area contributed by atoms with Crippen LogP contribution in [0, 0.1) is 11.3 Å². The monoisotopic (exact) mass is 327 g/mol. The maximum Gasteiger partial charge on any atom is 0.177 e. The van der Waals surface area contributed by atoms with Gasteiger partial charge in [0.05, 0.1) is 16.6 Å². The number of nitrogens with one attached hydrogen (secondary N) is 1. The molecule has 0 amide bonds. The Balaban J connectivity index is 1.96. The summed E-state index contributed by atoms with van der Waals surface area (Å²) < 4.78 is 25.0. The molecule has 0 saturated heterocycles. The van der Waals surface area contributed by atoms with E-state index in [1.54, 1.807) is 12.1 Å². The fourth-order valence-corrected chi connectivity index (χ4v) is 5.43. The molecular formula is C16H13N3O3S. The highest BCUT2D eigenvalue weighted by atomic mass is 32.2. The average molecular weight is 327 g/mol. The Morgan fingerprint density at radius 3 is 2.87 bits per heavy atom. The standard InChI is InChI=1S/C16H13N3O3S/c17-8-10-7-9(3-5-18-10)14-15-11(1-2-13(15)20)19-12-4-6-23(21,22)16(12)14/h3,5,7,14,19H,1-2,4,6H2/t14-/m1/s1. The van der Waals surface area contributed by atoms with Crippen LogP contribution in [0.1, 0.15) is 36.4 Å². The Kier molecular flexibility index (Phi) is 2.93. The highest BCUT2D eigenvalue weighted by Crippen LogP contribution is 2.47. The predicted octanol–water partition coefficient (Wildman–Crippen LogP) is 1.29. The lowest BCUT2D eigenvalue weighted by atomic mass is 9.86. The van der Waals surface area contributed by atoms with Crippen LogP contribution in [-0.4, -0.2) is 24.9 Å². The van der Waals surface area contributed by atoms with E-state index < -0.39 is 15.8 Å². The summed E-state index contributed by atoms with van der Waals surface area (Å²) in [6.07, 6.45) is 2.93. The van der Waals surface area contributed by atoms with Crippen LogP contribution in [0.5, 0.6) is 0 Å². The first-order chi connectivity index (χ1) is 11.0. The third kappa shape index (κ3) is 2.02. The number of carbonyl (C=O) groups is 1. The SMILES string of the molecule is N#Cc1cc([C@@H]2C3=C(CCC3=O)NC3=C2S(=O)(=O)CC3)ccn1. The molecular weight excluding hydrogens is 314 g/mol.